The van der Waals surface area contributed by atoms with Gasteiger partial charge in [-0.25, -0.2) is 17.5 Å². The van der Waals surface area contributed by atoms with Crippen molar-refractivity contribution in [3.63, 3.8) is 0 Å². The molecule has 27 heavy (non-hydrogen) atoms. The zero-order valence-electron chi connectivity index (χ0n) is 15.0. The maximum Gasteiger partial charge on any atom is 0.253 e. The molecule has 1 aliphatic heterocycles. The van der Waals surface area contributed by atoms with Crippen LogP contribution >= 0.6 is 0 Å². The summed E-state index contributed by atoms with van der Waals surface area (Å²) in [4.78, 5) is 14.3. The maximum absolute atomic E-state index is 12.9. The quantitative estimate of drug-likeness (QED) is 0.824. The largest absolute Gasteiger partial charge is 0.339 e. The second-order valence-corrected chi connectivity index (χ2v) is 8.56. The van der Waals surface area contributed by atoms with E-state index in [9.17, 15) is 17.6 Å². The molecule has 144 valence electrons. The van der Waals surface area contributed by atoms with E-state index in [4.69, 9.17) is 0 Å². The molecule has 0 aromatic heterocycles. The van der Waals surface area contributed by atoms with Crippen molar-refractivity contribution < 1.29 is 17.6 Å². The Bertz CT molecular complexity index is 874. The number of nitrogens with zero attached hydrogens (tertiary/aromatic N) is 1. The van der Waals surface area contributed by atoms with E-state index in [1.807, 2.05) is 4.90 Å². The van der Waals surface area contributed by atoms with Gasteiger partial charge in [-0.05, 0) is 54.7 Å². The molecule has 1 fully saturated rings. The third-order valence-electron chi connectivity index (χ3n) is 4.61. The second kappa shape index (κ2) is 8.63. The van der Waals surface area contributed by atoms with Crippen molar-refractivity contribution in [2.75, 3.05) is 13.1 Å². The highest BCUT2D eigenvalue weighted by Crippen LogP contribution is 2.14. The number of halogens is 1. The van der Waals surface area contributed by atoms with Gasteiger partial charge in [-0.15, -0.1) is 0 Å². The van der Waals surface area contributed by atoms with Crippen molar-refractivity contribution in [2.45, 2.75) is 31.6 Å². The summed E-state index contributed by atoms with van der Waals surface area (Å²) in [6, 6.07) is 12.4. The van der Waals surface area contributed by atoms with E-state index in [1.165, 1.54) is 30.7 Å². The van der Waals surface area contributed by atoms with Crippen LogP contribution in [0.1, 0.15) is 40.7 Å². The summed E-state index contributed by atoms with van der Waals surface area (Å²) in [6.45, 7) is 1.73. The van der Waals surface area contributed by atoms with Crippen LogP contribution in [0, 0.1) is 5.82 Å². The first kappa shape index (κ1) is 19.5. The molecule has 0 aliphatic carbocycles. The summed E-state index contributed by atoms with van der Waals surface area (Å²) in [5.41, 5.74) is 1.91. The van der Waals surface area contributed by atoms with Gasteiger partial charge < -0.3 is 4.90 Å². The maximum atomic E-state index is 12.9. The monoisotopic (exact) mass is 390 g/mol. The number of piperidine rings is 1. The fourth-order valence-electron chi connectivity index (χ4n) is 3.09. The lowest BCUT2D eigenvalue weighted by Crippen LogP contribution is -2.35. The number of nitrogens with one attached hydrogen (secondary N) is 1. The molecule has 1 aliphatic rings. The Morgan fingerprint density at radius 3 is 2.15 bits per heavy atom. The third kappa shape index (κ3) is 5.61. The molecule has 1 saturated heterocycles. The lowest BCUT2D eigenvalue weighted by molar-refractivity contribution is 0.0724. The van der Waals surface area contributed by atoms with Gasteiger partial charge in [-0.3, -0.25) is 4.79 Å². The summed E-state index contributed by atoms with van der Waals surface area (Å²) in [5.74, 6) is -0.583. The van der Waals surface area contributed by atoms with Crippen LogP contribution in [0.25, 0.3) is 0 Å². The standard InChI is InChI=1S/C20H23FN2O3S/c21-19-10-6-17(7-11-19)15-27(25,26)22-14-16-4-8-18(9-5-16)20(24)23-12-2-1-3-13-23/h4-11,22H,1-3,12-15H2. The van der Waals surface area contributed by atoms with E-state index in [1.54, 1.807) is 24.3 Å². The van der Waals surface area contributed by atoms with Crippen LogP contribution in [0.3, 0.4) is 0 Å². The van der Waals surface area contributed by atoms with Crippen LogP contribution in [0.5, 0.6) is 0 Å². The number of amides is 1. The minimum atomic E-state index is -3.54. The minimum absolute atomic E-state index is 0.0261. The van der Waals surface area contributed by atoms with E-state index in [2.05, 4.69) is 4.72 Å². The molecule has 1 N–H and O–H groups in total. The molecule has 0 radical (unpaired) electrons. The fourth-order valence-corrected chi connectivity index (χ4v) is 4.21. The number of sulfonamides is 1. The van der Waals surface area contributed by atoms with Crippen molar-refractivity contribution in [3.8, 4) is 0 Å². The van der Waals surface area contributed by atoms with Gasteiger partial charge in [0.05, 0.1) is 5.75 Å². The molecule has 0 spiro atoms. The van der Waals surface area contributed by atoms with E-state index >= 15 is 0 Å². The summed E-state index contributed by atoms with van der Waals surface area (Å²) in [7, 11) is -3.54. The summed E-state index contributed by atoms with van der Waals surface area (Å²) in [6.07, 6.45) is 3.25. The average molecular weight is 390 g/mol. The summed E-state index contributed by atoms with van der Waals surface area (Å²) in [5, 5.41) is 0. The van der Waals surface area contributed by atoms with Gasteiger partial charge in [0.15, 0.2) is 0 Å². The van der Waals surface area contributed by atoms with E-state index in [0.29, 0.717) is 11.1 Å². The zero-order chi connectivity index (χ0) is 19.3. The summed E-state index contributed by atoms with van der Waals surface area (Å²) >= 11 is 0. The van der Waals surface area contributed by atoms with E-state index in [-0.39, 0.29) is 18.2 Å². The fraction of sp³-hybridized carbons (Fsp3) is 0.350. The third-order valence-corrected chi connectivity index (χ3v) is 5.91. The average Bonchev–Trinajstić information content (AvgIpc) is 2.69. The lowest BCUT2D eigenvalue weighted by atomic mass is 10.1. The van der Waals surface area contributed by atoms with Crippen molar-refractivity contribution in [2.24, 2.45) is 0 Å². The van der Waals surface area contributed by atoms with Gasteiger partial charge in [0.2, 0.25) is 10.0 Å². The number of carbonyl (C=O) groups is 1. The van der Waals surface area contributed by atoms with Gasteiger partial charge in [0, 0.05) is 25.2 Å². The highest BCUT2D eigenvalue weighted by molar-refractivity contribution is 7.88. The van der Waals surface area contributed by atoms with E-state index < -0.39 is 15.8 Å². The Morgan fingerprint density at radius 1 is 0.926 bits per heavy atom. The number of hydrogen-bond donors (Lipinski definition) is 1. The Labute approximate surface area is 159 Å². The van der Waals surface area contributed by atoms with Crippen molar-refractivity contribution in [1.29, 1.82) is 0 Å². The van der Waals surface area contributed by atoms with Gasteiger partial charge in [-0.2, -0.15) is 0 Å². The second-order valence-electron chi connectivity index (χ2n) is 6.76. The molecule has 2 aromatic carbocycles. The molecular weight excluding hydrogens is 367 g/mol. The van der Waals surface area contributed by atoms with Crippen LogP contribution < -0.4 is 4.72 Å². The molecule has 0 atom stereocenters. The predicted molar refractivity (Wildman–Crippen MR) is 102 cm³/mol. The number of benzene rings is 2. The molecule has 5 nitrogen and oxygen atoms in total. The van der Waals surface area contributed by atoms with Crippen LogP contribution in [0.2, 0.25) is 0 Å². The molecule has 0 unspecified atom stereocenters. The SMILES string of the molecule is O=C(c1ccc(CNS(=O)(=O)Cc2ccc(F)cc2)cc1)N1CCCCC1. The minimum Gasteiger partial charge on any atom is -0.339 e. The molecule has 0 saturated carbocycles. The van der Waals surface area contributed by atoms with Crippen molar-refractivity contribution in [3.05, 3.63) is 71.0 Å². The Kier molecular flexibility index (Phi) is 6.23. The van der Waals surface area contributed by atoms with Crippen molar-refractivity contribution >= 4 is 15.9 Å². The Morgan fingerprint density at radius 2 is 1.52 bits per heavy atom. The molecule has 1 amide bonds. The number of hydrogen-bond acceptors (Lipinski definition) is 3. The van der Waals surface area contributed by atoms with Gasteiger partial charge in [0.1, 0.15) is 5.82 Å². The topological polar surface area (TPSA) is 66.5 Å². The molecule has 2 aromatic rings. The smallest absolute Gasteiger partial charge is 0.253 e. The highest BCUT2D eigenvalue weighted by Gasteiger charge is 2.18. The lowest BCUT2D eigenvalue weighted by Gasteiger charge is -2.26. The molecular formula is C20H23FN2O3S. The first-order valence-corrected chi connectivity index (χ1v) is 10.7. The number of carbonyl (C=O) groups excluding carboxylic acids is 1. The van der Waals surface area contributed by atoms with Crippen LogP contribution in [0.4, 0.5) is 4.39 Å². The number of likely N-dealkylation sites (tertiary alicyclic amines) is 1. The van der Waals surface area contributed by atoms with Crippen LogP contribution in [-0.2, 0) is 22.3 Å². The highest BCUT2D eigenvalue weighted by atomic mass is 32.2. The first-order valence-electron chi connectivity index (χ1n) is 9.03. The van der Waals surface area contributed by atoms with Gasteiger partial charge >= 0.3 is 0 Å². The first-order chi connectivity index (χ1) is 12.9. The Balaban J connectivity index is 1.56. The van der Waals surface area contributed by atoms with Crippen LogP contribution in [-0.4, -0.2) is 32.3 Å². The molecule has 7 heteroatoms. The zero-order valence-corrected chi connectivity index (χ0v) is 15.8. The Hall–Kier alpha value is -2.25. The summed E-state index contributed by atoms with van der Waals surface area (Å²) < 4.78 is 39.8. The molecule has 1 heterocycles. The van der Waals surface area contributed by atoms with E-state index in [0.717, 1.165) is 31.5 Å². The predicted octanol–water partition coefficient (Wildman–Crippen LogP) is 3.07. The normalized spacial score (nSPS) is 14.9. The van der Waals surface area contributed by atoms with Gasteiger partial charge in [0.25, 0.3) is 5.91 Å². The van der Waals surface area contributed by atoms with Crippen molar-refractivity contribution in [1.82, 2.24) is 9.62 Å². The number of rotatable bonds is 6. The molecule has 0 bridgehead atoms. The van der Waals surface area contributed by atoms with Crippen LogP contribution in [0.15, 0.2) is 48.5 Å². The molecule has 3 rings (SSSR count). The van der Waals surface area contributed by atoms with Gasteiger partial charge in [-0.1, -0.05) is 24.3 Å².